The fourth-order valence-electron chi connectivity index (χ4n) is 3.96. The predicted molar refractivity (Wildman–Crippen MR) is 138 cm³/mol. The maximum Gasteiger partial charge on any atom is 0.146 e. The number of benzene rings is 3. The molecule has 0 aliphatic carbocycles. The number of aromatic nitrogens is 4. The van der Waals surface area contributed by atoms with Crippen LogP contribution in [-0.4, -0.2) is 19.9 Å². The number of nitrogens with zero attached hydrogens (tertiary/aromatic N) is 3. The summed E-state index contributed by atoms with van der Waals surface area (Å²) < 4.78 is 19.7. The van der Waals surface area contributed by atoms with Gasteiger partial charge in [-0.05, 0) is 78.0 Å². The topological polar surface area (TPSA) is 75.7 Å². The van der Waals surface area contributed by atoms with Gasteiger partial charge >= 0.3 is 0 Å². The molecule has 0 fully saturated rings. The van der Waals surface area contributed by atoms with Gasteiger partial charge in [0.15, 0.2) is 0 Å². The molecule has 0 radical (unpaired) electrons. The highest BCUT2D eigenvalue weighted by atomic mass is 32.1. The molecule has 0 amide bonds. The highest BCUT2D eigenvalue weighted by molar-refractivity contribution is 7.13. The number of aryl methyl sites for hydroxylation is 1. The zero-order chi connectivity index (χ0) is 23.8. The van der Waals surface area contributed by atoms with Gasteiger partial charge in [-0.1, -0.05) is 12.1 Å². The van der Waals surface area contributed by atoms with Crippen molar-refractivity contribution in [2.24, 2.45) is 0 Å². The molecule has 0 saturated carbocycles. The summed E-state index contributed by atoms with van der Waals surface area (Å²) in [6.45, 7) is 2.02. The van der Waals surface area contributed by atoms with Gasteiger partial charge in [-0.15, -0.1) is 11.3 Å². The number of ether oxygens (including phenoxy) is 1. The van der Waals surface area contributed by atoms with Crippen molar-refractivity contribution in [1.82, 2.24) is 19.9 Å². The summed E-state index contributed by atoms with van der Waals surface area (Å²) in [5, 5.41) is 6.13. The van der Waals surface area contributed by atoms with E-state index in [-0.39, 0.29) is 5.82 Å². The number of hydrogen-bond donors (Lipinski definition) is 2. The van der Waals surface area contributed by atoms with E-state index in [9.17, 15) is 4.39 Å². The van der Waals surface area contributed by atoms with Crippen LogP contribution in [0, 0.1) is 12.7 Å². The smallest absolute Gasteiger partial charge is 0.146 e. The molecule has 0 unspecified atom stereocenters. The Morgan fingerprint density at radius 1 is 1.00 bits per heavy atom. The molecule has 0 atom stereocenters. The summed E-state index contributed by atoms with van der Waals surface area (Å²) in [5.41, 5.74) is 5.12. The molecular formula is C27H20FN5OS. The van der Waals surface area contributed by atoms with Gasteiger partial charge in [0.2, 0.25) is 0 Å². The first-order valence-electron chi connectivity index (χ1n) is 11.1. The van der Waals surface area contributed by atoms with Crippen molar-refractivity contribution in [3.05, 3.63) is 95.6 Å². The Labute approximate surface area is 204 Å². The SMILES string of the molecule is Cc1cc(Nc2ncnc3ccc(OCc4nc5ccc(-c6cccs6)cc5[nH]4)cc23)ccc1F. The van der Waals surface area contributed by atoms with E-state index >= 15 is 0 Å². The van der Waals surface area contributed by atoms with Crippen LogP contribution in [0.1, 0.15) is 11.4 Å². The van der Waals surface area contributed by atoms with Crippen LogP contribution in [0.3, 0.4) is 0 Å². The summed E-state index contributed by atoms with van der Waals surface area (Å²) >= 11 is 1.71. The van der Waals surface area contributed by atoms with Gasteiger partial charge in [0.05, 0.1) is 16.6 Å². The van der Waals surface area contributed by atoms with Crippen LogP contribution in [0.4, 0.5) is 15.9 Å². The van der Waals surface area contributed by atoms with Crippen LogP contribution in [0.25, 0.3) is 32.4 Å². The lowest BCUT2D eigenvalue weighted by Gasteiger charge is -2.11. The second-order valence-corrected chi connectivity index (χ2v) is 9.12. The second kappa shape index (κ2) is 8.81. The van der Waals surface area contributed by atoms with Crippen molar-refractivity contribution in [3.8, 4) is 16.2 Å². The number of fused-ring (bicyclic) bond motifs is 2. The van der Waals surface area contributed by atoms with Crippen LogP contribution in [0.2, 0.25) is 0 Å². The van der Waals surface area contributed by atoms with Gasteiger partial charge in [0, 0.05) is 16.0 Å². The number of anilines is 2. The van der Waals surface area contributed by atoms with Crippen molar-refractivity contribution in [3.63, 3.8) is 0 Å². The third-order valence-corrected chi connectivity index (χ3v) is 6.66. The van der Waals surface area contributed by atoms with E-state index in [0.717, 1.165) is 39.0 Å². The Bertz CT molecular complexity index is 1660. The van der Waals surface area contributed by atoms with Crippen LogP contribution in [-0.2, 0) is 6.61 Å². The molecular weight excluding hydrogens is 461 g/mol. The van der Waals surface area contributed by atoms with Gasteiger partial charge in [-0.25, -0.2) is 19.3 Å². The summed E-state index contributed by atoms with van der Waals surface area (Å²) in [5.74, 6) is 1.79. The van der Waals surface area contributed by atoms with Crippen LogP contribution in [0.5, 0.6) is 5.75 Å². The minimum Gasteiger partial charge on any atom is -0.486 e. The molecule has 3 aromatic carbocycles. The number of thiophene rings is 1. The van der Waals surface area contributed by atoms with Crippen molar-refractivity contribution in [2.75, 3.05) is 5.32 Å². The van der Waals surface area contributed by atoms with E-state index < -0.39 is 0 Å². The first-order chi connectivity index (χ1) is 17.1. The number of rotatable bonds is 6. The zero-order valence-corrected chi connectivity index (χ0v) is 19.6. The fourth-order valence-corrected chi connectivity index (χ4v) is 4.69. The summed E-state index contributed by atoms with van der Waals surface area (Å²) in [7, 11) is 0. The van der Waals surface area contributed by atoms with E-state index in [2.05, 4.69) is 48.8 Å². The Morgan fingerprint density at radius 3 is 2.77 bits per heavy atom. The number of hydrogen-bond acceptors (Lipinski definition) is 6. The lowest BCUT2D eigenvalue weighted by atomic mass is 10.2. The molecule has 3 heterocycles. The Hall–Kier alpha value is -4.30. The number of aromatic amines is 1. The first-order valence-corrected chi connectivity index (χ1v) is 11.9. The highest BCUT2D eigenvalue weighted by Gasteiger charge is 2.10. The molecule has 3 aromatic heterocycles. The third kappa shape index (κ3) is 4.31. The van der Waals surface area contributed by atoms with Gasteiger partial charge in [-0.3, -0.25) is 0 Å². The molecule has 2 N–H and O–H groups in total. The number of H-pyrrole nitrogens is 1. The molecule has 6 nitrogen and oxygen atoms in total. The van der Waals surface area contributed by atoms with Crippen LogP contribution >= 0.6 is 11.3 Å². The molecule has 6 aromatic rings. The average Bonchev–Trinajstić information content (AvgIpc) is 3.55. The summed E-state index contributed by atoms with van der Waals surface area (Å²) in [6.07, 6.45) is 1.50. The third-order valence-electron chi connectivity index (χ3n) is 5.74. The van der Waals surface area contributed by atoms with Gasteiger partial charge < -0.3 is 15.0 Å². The maximum atomic E-state index is 13.6. The van der Waals surface area contributed by atoms with Crippen molar-refractivity contribution >= 4 is 44.8 Å². The molecule has 8 heteroatoms. The number of imidazole rings is 1. The van der Waals surface area contributed by atoms with Crippen molar-refractivity contribution in [1.29, 1.82) is 0 Å². The molecule has 0 bridgehead atoms. The lowest BCUT2D eigenvalue weighted by molar-refractivity contribution is 0.298. The van der Waals surface area contributed by atoms with E-state index in [1.165, 1.54) is 17.3 Å². The van der Waals surface area contributed by atoms with E-state index in [4.69, 9.17) is 4.74 Å². The molecule has 172 valence electrons. The standard InChI is InChI=1S/C27H20FN5OS/c1-16-11-18(5-7-21(16)28)31-27-20-13-19(6-9-22(20)29-15-30-27)34-14-26-32-23-8-4-17(12-24(23)33-26)25-3-2-10-35-25/h2-13,15H,14H2,1H3,(H,32,33)(H,29,30,31). The monoisotopic (exact) mass is 481 g/mol. The lowest BCUT2D eigenvalue weighted by Crippen LogP contribution is -1.99. The first kappa shape index (κ1) is 21.2. The predicted octanol–water partition coefficient (Wildman–Crippen LogP) is 7.00. The summed E-state index contributed by atoms with van der Waals surface area (Å²) in [6, 6.07) is 20.9. The molecule has 0 spiro atoms. The van der Waals surface area contributed by atoms with Crippen LogP contribution in [0.15, 0.2) is 78.4 Å². The average molecular weight is 482 g/mol. The minimum absolute atomic E-state index is 0.243. The number of halogens is 1. The molecule has 0 aliphatic rings. The fraction of sp³-hybridized carbons (Fsp3) is 0.0741. The van der Waals surface area contributed by atoms with E-state index in [1.807, 2.05) is 30.3 Å². The largest absolute Gasteiger partial charge is 0.486 e. The highest BCUT2D eigenvalue weighted by Crippen LogP contribution is 2.29. The quantitative estimate of drug-likeness (QED) is 0.268. The molecule has 35 heavy (non-hydrogen) atoms. The van der Waals surface area contributed by atoms with Crippen molar-refractivity contribution < 1.29 is 9.13 Å². The van der Waals surface area contributed by atoms with Crippen LogP contribution < -0.4 is 10.1 Å². The zero-order valence-electron chi connectivity index (χ0n) is 18.7. The maximum absolute atomic E-state index is 13.6. The normalized spacial score (nSPS) is 11.3. The minimum atomic E-state index is -0.243. The Kier molecular flexibility index (Phi) is 5.35. The summed E-state index contributed by atoms with van der Waals surface area (Å²) in [4.78, 5) is 18.0. The van der Waals surface area contributed by atoms with Gasteiger partial charge in [0.25, 0.3) is 0 Å². The van der Waals surface area contributed by atoms with E-state index in [1.54, 1.807) is 30.4 Å². The molecule has 0 saturated heterocycles. The Morgan fingerprint density at radius 2 is 1.91 bits per heavy atom. The van der Waals surface area contributed by atoms with Gasteiger partial charge in [0.1, 0.15) is 36.1 Å². The van der Waals surface area contributed by atoms with E-state index in [0.29, 0.717) is 23.7 Å². The molecule has 0 aliphatic heterocycles. The second-order valence-electron chi connectivity index (χ2n) is 8.17. The molecule has 6 rings (SSSR count). The van der Waals surface area contributed by atoms with Gasteiger partial charge in [-0.2, -0.15) is 0 Å². The Balaban J connectivity index is 1.23. The number of nitrogens with one attached hydrogen (secondary N) is 2. The van der Waals surface area contributed by atoms with Crippen molar-refractivity contribution in [2.45, 2.75) is 13.5 Å².